The molecule has 4 heteroatoms. The molecule has 23 heavy (non-hydrogen) atoms. The smallest absolute Gasteiger partial charge is 0.100 e. The quantitative estimate of drug-likeness (QED) is 0.735. The maximum absolute atomic E-state index is 9.18. The first-order valence-electron chi connectivity index (χ1n) is 8.04. The van der Waals surface area contributed by atoms with Gasteiger partial charge in [0.2, 0.25) is 0 Å². The van der Waals surface area contributed by atoms with Gasteiger partial charge in [-0.3, -0.25) is 4.57 Å². The van der Waals surface area contributed by atoms with Crippen molar-refractivity contribution in [1.82, 2.24) is 14.9 Å². The highest BCUT2D eigenvalue weighted by atomic mass is 16.3. The van der Waals surface area contributed by atoms with Crippen LogP contribution in [0.15, 0.2) is 54.9 Å². The Kier molecular flexibility index (Phi) is 4.74. The van der Waals surface area contributed by atoms with Gasteiger partial charge in [0.05, 0.1) is 11.0 Å². The number of nitrogens with zero attached hydrogens (tertiary/aromatic N) is 2. The molecule has 2 atom stereocenters. The number of aromatic nitrogens is 2. The highest BCUT2D eigenvalue weighted by Crippen LogP contribution is 2.18. The van der Waals surface area contributed by atoms with Gasteiger partial charge in [0.1, 0.15) is 6.33 Å². The Morgan fingerprint density at radius 2 is 1.83 bits per heavy atom. The summed E-state index contributed by atoms with van der Waals surface area (Å²) in [5, 5.41) is 12.6. The Hall–Kier alpha value is -2.17. The fraction of sp³-hybridized carbons (Fsp3) is 0.316. The van der Waals surface area contributed by atoms with Gasteiger partial charge in [-0.1, -0.05) is 31.2 Å². The Labute approximate surface area is 136 Å². The van der Waals surface area contributed by atoms with Crippen molar-refractivity contribution in [3.8, 4) is 5.69 Å². The van der Waals surface area contributed by atoms with Crippen molar-refractivity contribution in [3.05, 3.63) is 60.4 Å². The second-order valence-corrected chi connectivity index (χ2v) is 6.10. The van der Waals surface area contributed by atoms with Crippen LogP contribution in [-0.4, -0.2) is 27.3 Å². The summed E-state index contributed by atoms with van der Waals surface area (Å²) in [5.41, 5.74) is 4.46. The third-order valence-corrected chi connectivity index (χ3v) is 4.44. The lowest BCUT2D eigenvalue weighted by Gasteiger charge is -2.19. The number of hydrogen-bond donors (Lipinski definition) is 2. The Bertz CT molecular complexity index is 764. The summed E-state index contributed by atoms with van der Waals surface area (Å²) in [6, 6.07) is 16.9. The van der Waals surface area contributed by atoms with Crippen LogP contribution in [0, 0.1) is 5.92 Å². The molecule has 0 aliphatic heterocycles. The number of benzene rings is 2. The highest BCUT2D eigenvalue weighted by Gasteiger charge is 2.10. The summed E-state index contributed by atoms with van der Waals surface area (Å²) in [6.07, 6.45) is 1.86. The number of fused-ring (bicyclic) bond motifs is 1. The maximum Gasteiger partial charge on any atom is 0.100 e. The number of aliphatic hydroxyl groups is 1. The molecule has 1 heterocycles. The predicted octanol–water partition coefficient (Wildman–Crippen LogP) is 3.13. The minimum absolute atomic E-state index is 0.209. The molecule has 2 N–H and O–H groups in total. The lowest BCUT2D eigenvalue weighted by atomic mass is 10.0. The van der Waals surface area contributed by atoms with Gasteiger partial charge in [-0.2, -0.15) is 0 Å². The van der Waals surface area contributed by atoms with Crippen LogP contribution < -0.4 is 5.32 Å². The molecule has 0 saturated carbocycles. The minimum Gasteiger partial charge on any atom is -0.396 e. The van der Waals surface area contributed by atoms with Crippen LogP contribution in [0.2, 0.25) is 0 Å². The number of imidazole rings is 1. The number of rotatable bonds is 6. The van der Waals surface area contributed by atoms with E-state index < -0.39 is 0 Å². The number of aliphatic hydroxyl groups excluding tert-OH is 1. The predicted molar refractivity (Wildman–Crippen MR) is 93.6 cm³/mol. The molecule has 3 rings (SSSR count). The molecule has 0 aliphatic rings. The molecule has 120 valence electrons. The monoisotopic (exact) mass is 309 g/mol. The molecular formula is C19H23N3O. The van der Waals surface area contributed by atoms with Gasteiger partial charge in [-0.15, -0.1) is 0 Å². The first kappa shape index (κ1) is 15.7. The van der Waals surface area contributed by atoms with Crippen LogP contribution in [0.3, 0.4) is 0 Å². The molecule has 0 amide bonds. The minimum atomic E-state index is 0.209. The number of para-hydroxylation sites is 2. The molecule has 0 spiro atoms. The van der Waals surface area contributed by atoms with E-state index >= 15 is 0 Å². The zero-order valence-electron chi connectivity index (χ0n) is 13.6. The summed E-state index contributed by atoms with van der Waals surface area (Å²) in [5.74, 6) is 0.256. The first-order chi connectivity index (χ1) is 11.2. The Morgan fingerprint density at radius 3 is 2.57 bits per heavy atom. The summed E-state index contributed by atoms with van der Waals surface area (Å²) >= 11 is 0. The summed E-state index contributed by atoms with van der Waals surface area (Å²) in [6.45, 7) is 5.16. The van der Waals surface area contributed by atoms with Crippen molar-refractivity contribution in [2.24, 2.45) is 5.92 Å². The first-order valence-corrected chi connectivity index (χ1v) is 8.04. The molecule has 1 aromatic heterocycles. The molecule has 2 unspecified atom stereocenters. The molecule has 0 radical (unpaired) electrons. The van der Waals surface area contributed by atoms with Gasteiger partial charge >= 0.3 is 0 Å². The van der Waals surface area contributed by atoms with Crippen LogP contribution in [0.25, 0.3) is 16.7 Å². The third kappa shape index (κ3) is 3.44. The Balaban J connectivity index is 1.72. The van der Waals surface area contributed by atoms with E-state index in [1.165, 1.54) is 5.56 Å². The van der Waals surface area contributed by atoms with E-state index in [1.807, 2.05) is 31.5 Å². The average molecular weight is 309 g/mol. The number of hydrogen-bond acceptors (Lipinski definition) is 3. The van der Waals surface area contributed by atoms with Crippen molar-refractivity contribution >= 4 is 11.0 Å². The molecule has 0 saturated heterocycles. The average Bonchev–Trinajstić information content (AvgIpc) is 3.03. The van der Waals surface area contributed by atoms with Crippen molar-refractivity contribution in [2.45, 2.75) is 26.4 Å². The van der Waals surface area contributed by atoms with E-state index in [1.54, 1.807) is 0 Å². The summed E-state index contributed by atoms with van der Waals surface area (Å²) < 4.78 is 2.10. The van der Waals surface area contributed by atoms with E-state index in [0.717, 1.165) is 23.3 Å². The maximum atomic E-state index is 9.18. The van der Waals surface area contributed by atoms with Gasteiger partial charge in [0.15, 0.2) is 0 Å². The molecule has 2 aromatic carbocycles. The molecular weight excluding hydrogens is 286 g/mol. The normalized spacial score (nSPS) is 14.0. The molecule has 0 aliphatic carbocycles. The molecule has 3 aromatic rings. The zero-order valence-corrected chi connectivity index (χ0v) is 13.6. The van der Waals surface area contributed by atoms with Gasteiger partial charge in [0.25, 0.3) is 0 Å². The van der Waals surface area contributed by atoms with Crippen molar-refractivity contribution in [3.63, 3.8) is 0 Å². The standard InChI is InChI=1S/C19H23N3O/c1-14(12-23)15(2)20-11-16-7-9-17(10-8-16)22-13-21-18-5-3-4-6-19(18)22/h3-10,13-15,20,23H,11-12H2,1-2H3. The SMILES string of the molecule is CC(CO)C(C)NCc1ccc(-n2cnc3ccccc32)cc1. The van der Waals surface area contributed by atoms with Gasteiger partial charge in [-0.05, 0) is 42.7 Å². The van der Waals surface area contributed by atoms with E-state index in [-0.39, 0.29) is 18.6 Å². The summed E-state index contributed by atoms with van der Waals surface area (Å²) in [7, 11) is 0. The lowest BCUT2D eigenvalue weighted by molar-refractivity contribution is 0.207. The van der Waals surface area contributed by atoms with E-state index in [9.17, 15) is 5.11 Å². The van der Waals surface area contributed by atoms with E-state index in [0.29, 0.717) is 0 Å². The molecule has 0 fully saturated rings. The Morgan fingerprint density at radius 1 is 1.09 bits per heavy atom. The van der Waals surface area contributed by atoms with Crippen molar-refractivity contribution in [1.29, 1.82) is 0 Å². The fourth-order valence-electron chi connectivity index (χ4n) is 2.58. The van der Waals surface area contributed by atoms with Crippen LogP contribution in [0.5, 0.6) is 0 Å². The van der Waals surface area contributed by atoms with Crippen LogP contribution >= 0.6 is 0 Å². The van der Waals surface area contributed by atoms with Crippen LogP contribution in [0.1, 0.15) is 19.4 Å². The van der Waals surface area contributed by atoms with Crippen molar-refractivity contribution < 1.29 is 5.11 Å². The lowest BCUT2D eigenvalue weighted by Crippen LogP contribution is -2.33. The van der Waals surface area contributed by atoms with Crippen LogP contribution in [-0.2, 0) is 6.54 Å². The van der Waals surface area contributed by atoms with Crippen molar-refractivity contribution in [2.75, 3.05) is 6.61 Å². The van der Waals surface area contributed by atoms with Gasteiger partial charge in [0, 0.05) is 24.9 Å². The largest absolute Gasteiger partial charge is 0.396 e. The second kappa shape index (κ2) is 6.94. The van der Waals surface area contributed by atoms with Gasteiger partial charge in [-0.25, -0.2) is 4.98 Å². The van der Waals surface area contributed by atoms with Crippen LogP contribution in [0.4, 0.5) is 0 Å². The second-order valence-electron chi connectivity index (χ2n) is 6.10. The topological polar surface area (TPSA) is 50.1 Å². The fourth-order valence-corrected chi connectivity index (χ4v) is 2.58. The van der Waals surface area contributed by atoms with Gasteiger partial charge < -0.3 is 10.4 Å². The zero-order chi connectivity index (χ0) is 16.2. The number of nitrogens with one attached hydrogen (secondary N) is 1. The third-order valence-electron chi connectivity index (χ3n) is 4.44. The van der Waals surface area contributed by atoms with E-state index in [2.05, 4.69) is 52.1 Å². The highest BCUT2D eigenvalue weighted by molar-refractivity contribution is 5.77. The molecule has 0 bridgehead atoms. The molecule has 4 nitrogen and oxygen atoms in total. The van der Waals surface area contributed by atoms with E-state index in [4.69, 9.17) is 0 Å². The summed E-state index contributed by atoms with van der Waals surface area (Å²) in [4.78, 5) is 4.43.